The summed E-state index contributed by atoms with van der Waals surface area (Å²) in [4.78, 5) is 27.2. The summed E-state index contributed by atoms with van der Waals surface area (Å²) in [6, 6.07) is 23.9. The predicted octanol–water partition coefficient (Wildman–Crippen LogP) is 3.88. The molecule has 4 aromatic rings. The number of carbonyl (C=O) groups excluding carboxylic acids is 1. The Balaban J connectivity index is 1.16. The Morgan fingerprint density at radius 2 is 1.76 bits per heavy atom. The summed E-state index contributed by atoms with van der Waals surface area (Å²) in [5, 5.41) is 1.01. The van der Waals surface area contributed by atoms with Crippen molar-refractivity contribution in [3.8, 4) is 5.75 Å². The van der Waals surface area contributed by atoms with E-state index in [0.29, 0.717) is 25.6 Å². The highest BCUT2D eigenvalue weighted by Crippen LogP contribution is 2.35. The molecule has 1 fully saturated rings. The lowest BCUT2D eigenvalue weighted by molar-refractivity contribution is -0.136. The Labute approximate surface area is 198 Å². The van der Waals surface area contributed by atoms with Gasteiger partial charge in [-0.05, 0) is 42.2 Å². The number of piperidine rings is 1. The van der Waals surface area contributed by atoms with Crippen LogP contribution in [0.15, 0.2) is 83.8 Å². The molecule has 0 unspecified atom stereocenters. The largest absolute Gasteiger partial charge is 0.483 e. The average Bonchev–Trinajstić information content (AvgIpc) is 3.27. The predicted molar refractivity (Wildman–Crippen MR) is 131 cm³/mol. The van der Waals surface area contributed by atoms with E-state index >= 15 is 0 Å². The number of hydrogen-bond donors (Lipinski definition) is 0. The minimum Gasteiger partial charge on any atom is -0.483 e. The molecule has 34 heavy (non-hydrogen) atoms. The van der Waals surface area contributed by atoms with Gasteiger partial charge in [0.25, 0.3) is 11.5 Å². The van der Waals surface area contributed by atoms with Crippen molar-refractivity contribution in [2.24, 2.45) is 5.92 Å². The molecule has 2 aromatic carbocycles. The number of aromatic nitrogens is 2. The average molecular weight is 454 g/mol. The molecule has 0 saturated carbocycles. The van der Waals surface area contributed by atoms with Gasteiger partial charge in [-0.2, -0.15) is 0 Å². The van der Waals surface area contributed by atoms with Gasteiger partial charge in [-0.3, -0.25) is 9.59 Å². The highest BCUT2D eigenvalue weighted by molar-refractivity contribution is 5.87. The summed E-state index contributed by atoms with van der Waals surface area (Å²) in [6.45, 7) is 2.80. The summed E-state index contributed by atoms with van der Waals surface area (Å²) < 4.78 is 10.1. The molecule has 2 aromatic heterocycles. The summed E-state index contributed by atoms with van der Waals surface area (Å²) >= 11 is 0. The van der Waals surface area contributed by atoms with E-state index in [9.17, 15) is 9.59 Å². The molecule has 2 atom stereocenters. The van der Waals surface area contributed by atoms with Crippen LogP contribution in [0.2, 0.25) is 0 Å². The molecule has 2 aliphatic heterocycles. The summed E-state index contributed by atoms with van der Waals surface area (Å²) in [6.07, 6.45) is 3.10. The molecule has 0 N–H and O–H groups in total. The zero-order valence-electron chi connectivity index (χ0n) is 19.0. The zero-order valence-corrected chi connectivity index (χ0v) is 19.0. The maximum atomic E-state index is 13.1. The Kier molecular flexibility index (Phi) is 5.21. The maximum Gasteiger partial charge on any atom is 0.260 e. The van der Waals surface area contributed by atoms with Crippen LogP contribution >= 0.6 is 0 Å². The number of rotatable bonds is 5. The molecule has 4 heterocycles. The number of ether oxygens (including phenoxy) is 1. The van der Waals surface area contributed by atoms with Crippen LogP contribution in [0, 0.1) is 5.92 Å². The smallest absolute Gasteiger partial charge is 0.260 e. The van der Waals surface area contributed by atoms with Crippen molar-refractivity contribution in [1.82, 2.24) is 14.0 Å². The van der Waals surface area contributed by atoms with Gasteiger partial charge < -0.3 is 18.8 Å². The SMILES string of the molecule is O=C(COc1cccc2c1ccn2Cc1ccccc1)N1C[C@@H]2C[C@H](C1)c1cccc(=O)n1C2. The van der Waals surface area contributed by atoms with Crippen molar-refractivity contribution in [3.05, 3.63) is 101 Å². The molecule has 2 aliphatic rings. The molecule has 0 radical (unpaired) electrons. The third-order valence-electron chi connectivity index (χ3n) is 7.15. The van der Waals surface area contributed by atoms with Crippen LogP contribution in [0.1, 0.15) is 23.6 Å². The molecular weight excluding hydrogens is 426 g/mol. The van der Waals surface area contributed by atoms with Gasteiger partial charge in [0.1, 0.15) is 5.75 Å². The van der Waals surface area contributed by atoms with Crippen molar-refractivity contribution in [2.75, 3.05) is 19.7 Å². The van der Waals surface area contributed by atoms with E-state index in [1.54, 1.807) is 6.07 Å². The highest BCUT2D eigenvalue weighted by atomic mass is 16.5. The van der Waals surface area contributed by atoms with E-state index in [4.69, 9.17) is 4.74 Å². The monoisotopic (exact) mass is 453 g/mol. The number of hydrogen-bond acceptors (Lipinski definition) is 3. The molecule has 1 amide bonds. The third-order valence-corrected chi connectivity index (χ3v) is 7.15. The number of nitrogens with zero attached hydrogens (tertiary/aromatic N) is 3. The second kappa shape index (κ2) is 8.52. The summed E-state index contributed by atoms with van der Waals surface area (Å²) in [7, 11) is 0. The van der Waals surface area contributed by atoms with E-state index in [1.807, 2.05) is 51.9 Å². The number of carbonyl (C=O) groups is 1. The van der Waals surface area contributed by atoms with Gasteiger partial charge in [-0.1, -0.05) is 42.5 Å². The summed E-state index contributed by atoms with van der Waals surface area (Å²) in [5.41, 5.74) is 3.43. The standard InChI is InChI=1S/C28H27N3O3/c32-27-11-5-8-24-22-14-21(17-31(24)27)16-30(18-22)28(33)19-34-26-10-4-9-25-23(26)12-13-29(25)15-20-6-2-1-3-7-20/h1-13,21-22H,14-19H2/t21-,22+/m0/s1. The van der Waals surface area contributed by atoms with Crippen molar-refractivity contribution < 1.29 is 9.53 Å². The van der Waals surface area contributed by atoms with Crippen LogP contribution in [0.4, 0.5) is 0 Å². The minimum absolute atomic E-state index is 0.00199. The fourth-order valence-corrected chi connectivity index (χ4v) is 5.57. The maximum absolute atomic E-state index is 13.1. The van der Waals surface area contributed by atoms with Gasteiger partial charge in [-0.25, -0.2) is 0 Å². The first kappa shape index (κ1) is 20.8. The van der Waals surface area contributed by atoms with E-state index in [0.717, 1.165) is 35.3 Å². The molecule has 6 rings (SSSR count). The lowest BCUT2D eigenvalue weighted by Gasteiger charge is -2.42. The van der Waals surface area contributed by atoms with Crippen molar-refractivity contribution in [1.29, 1.82) is 0 Å². The van der Waals surface area contributed by atoms with Crippen molar-refractivity contribution >= 4 is 16.8 Å². The topological polar surface area (TPSA) is 56.5 Å². The van der Waals surface area contributed by atoms with Crippen LogP contribution in [0.25, 0.3) is 10.9 Å². The Morgan fingerprint density at radius 1 is 0.912 bits per heavy atom. The number of likely N-dealkylation sites (tertiary alicyclic amines) is 1. The Morgan fingerprint density at radius 3 is 2.65 bits per heavy atom. The van der Waals surface area contributed by atoms with Gasteiger partial charge in [-0.15, -0.1) is 0 Å². The first-order valence-corrected chi connectivity index (χ1v) is 11.9. The molecule has 6 nitrogen and oxygen atoms in total. The number of benzene rings is 2. The summed E-state index contributed by atoms with van der Waals surface area (Å²) in [5.74, 6) is 1.25. The van der Waals surface area contributed by atoms with Gasteiger partial charge in [0.15, 0.2) is 6.61 Å². The number of amides is 1. The fraction of sp³-hybridized carbons (Fsp3) is 0.286. The van der Waals surface area contributed by atoms with Crippen molar-refractivity contribution in [3.63, 3.8) is 0 Å². The van der Waals surface area contributed by atoms with Crippen LogP contribution in [-0.2, 0) is 17.9 Å². The lowest BCUT2D eigenvalue weighted by Crippen LogP contribution is -2.50. The van der Waals surface area contributed by atoms with E-state index in [-0.39, 0.29) is 24.0 Å². The molecule has 6 heteroatoms. The van der Waals surface area contributed by atoms with E-state index < -0.39 is 0 Å². The first-order valence-electron chi connectivity index (χ1n) is 11.9. The van der Waals surface area contributed by atoms with Crippen LogP contribution in [-0.4, -0.2) is 39.6 Å². The van der Waals surface area contributed by atoms with E-state index in [2.05, 4.69) is 35.0 Å². The fourth-order valence-electron chi connectivity index (χ4n) is 5.57. The Bertz CT molecular complexity index is 1410. The van der Waals surface area contributed by atoms with Crippen molar-refractivity contribution in [2.45, 2.75) is 25.4 Å². The second-order valence-corrected chi connectivity index (χ2v) is 9.40. The second-order valence-electron chi connectivity index (χ2n) is 9.40. The number of pyridine rings is 1. The molecule has 0 aliphatic carbocycles. The van der Waals surface area contributed by atoms with Gasteiger partial charge in [0, 0.05) is 55.4 Å². The quantitative estimate of drug-likeness (QED) is 0.461. The third kappa shape index (κ3) is 3.79. The molecule has 0 spiro atoms. The van der Waals surface area contributed by atoms with Gasteiger partial charge >= 0.3 is 0 Å². The van der Waals surface area contributed by atoms with Gasteiger partial charge in [0.2, 0.25) is 0 Å². The van der Waals surface area contributed by atoms with Crippen LogP contribution in [0.3, 0.4) is 0 Å². The zero-order chi connectivity index (χ0) is 23.1. The molecule has 172 valence electrons. The first-order chi connectivity index (χ1) is 16.7. The lowest BCUT2D eigenvalue weighted by atomic mass is 9.83. The molecule has 2 bridgehead atoms. The Hall–Kier alpha value is -3.80. The minimum atomic E-state index is 0.00199. The van der Waals surface area contributed by atoms with E-state index in [1.165, 1.54) is 5.56 Å². The number of fused-ring (bicyclic) bond motifs is 5. The molecular formula is C28H27N3O3. The highest BCUT2D eigenvalue weighted by Gasteiger charge is 2.36. The van der Waals surface area contributed by atoms with Crippen LogP contribution < -0.4 is 10.3 Å². The molecule has 1 saturated heterocycles. The normalized spacial score (nSPS) is 19.1. The van der Waals surface area contributed by atoms with Gasteiger partial charge in [0.05, 0.1) is 5.52 Å². The van der Waals surface area contributed by atoms with Crippen LogP contribution in [0.5, 0.6) is 5.75 Å².